The van der Waals surface area contributed by atoms with E-state index in [0.29, 0.717) is 17.5 Å². The van der Waals surface area contributed by atoms with Crippen molar-refractivity contribution in [3.8, 4) is 78.8 Å². The molecule has 0 spiro atoms. The Morgan fingerprint density at radius 2 is 0.857 bits per heavy atom. The van der Waals surface area contributed by atoms with E-state index in [-0.39, 0.29) is 0 Å². The van der Waals surface area contributed by atoms with Gasteiger partial charge in [-0.15, -0.1) is 11.3 Å². The van der Waals surface area contributed by atoms with Crippen LogP contribution in [-0.4, -0.2) is 19.9 Å². The molecule has 0 aliphatic rings. The second-order valence-electron chi connectivity index (χ2n) is 17.7. The number of thiophene rings is 1. The zero-order valence-electron chi connectivity index (χ0n) is 37.5. The Kier molecular flexibility index (Phi) is 9.32. The van der Waals surface area contributed by atoms with Gasteiger partial charge in [0.1, 0.15) is 11.2 Å². The lowest BCUT2D eigenvalue weighted by atomic mass is 9.95. The van der Waals surface area contributed by atoms with E-state index in [1.165, 1.54) is 36.9 Å². The molecule has 0 radical (unpaired) electrons. The molecule has 0 bridgehead atoms. The Morgan fingerprint density at radius 1 is 0.314 bits per heavy atom. The summed E-state index contributed by atoms with van der Waals surface area (Å²) in [5, 5.41) is 7.95. The van der Waals surface area contributed by atoms with Crippen LogP contribution < -0.4 is 0 Å². The van der Waals surface area contributed by atoms with E-state index >= 15 is 0 Å². The average molecular weight is 911 g/mol. The first-order valence-electron chi connectivity index (χ1n) is 23.4. The van der Waals surface area contributed by atoms with Gasteiger partial charge in [-0.3, -0.25) is 0 Å². The number of benzene rings is 10. The highest BCUT2D eigenvalue weighted by Crippen LogP contribution is 2.46. The van der Waals surface area contributed by atoms with Crippen molar-refractivity contribution in [3.05, 3.63) is 231 Å². The predicted molar refractivity (Wildman–Crippen MR) is 291 cm³/mol. The average Bonchev–Trinajstić information content (AvgIpc) is 4.02. The molecule has 5 nitrogen and oxygen atoms in total. The zero-order valence-corrected chi connectivity index (χ0v) is 38.4. The fraction of sp³-hybridized carbons (Fsp3) is 0. The van der Waals surface area contributed by atoms with Crippen LogP contribution in [-0.2, 0) is 0 Å². The van der Waals surface area contributed by atoms with Crippen LogP contribution in [0.3, 0.4) is 0 Å². The number of hydrogen-bond donors (Lipinski definition) is 0. The molecule has 326 valence electrons. The number of rotatable bonds is 7. The molecular formula is C64H38N4OS. The van der Waals surface area contributed by atoms with Gasteiger partial charge >= 0.3 is 0 Å². The van der Waals surface area contributed by atoms with Crippen LogP contribution in [0.1, 0.15) is 0 Å². The third-order valence-electron chi connectivity index (χ3n) is 13.5. The minimum Gasteiger partial charge on any atom is -0.455 e. The van der Waals surface area contributed by atoms with Crippen molar-refractivity contribution in [1.29, 1.82) is 0 Å². The normalized spacial score (nSPS) is 11.7. The molecule has 0 atom stereocenters. The van der Waals surface area contributed by atoms with Crippen LogP contribution in [0.4, 0.5) is 0 Å². The molecule has 0 fully saturated rings. The van der Waals surface area contributed by atoms with Crippen LogP contribution in [0.15, 0.2) is 235 Å². The van der Waals surface area contributed by atoms with Gasteiger partial charge in [0.05, 0.1) is 11.2 Å². The SMILES string of the molecule is c1ccc(-c2nc(-c3ccccc3)nc(-c3ccc(-c4cccc5sc6c(-c7cccc(-c8ccc9oc%10c(ccc%11c(-c%12ccccc%12)nc%12ccccc%12c%11%10)c9c8)c7)cccc6c45)cc3)n2)cc1. The Labute approximate surface area is 406 Å². The zero-order chi connectivity index (χ0) is 46.1. The molecule has 0 amide bonds. The molecule has 0 saturated carbocycles. The fourth-order valence-electron chi connectivity index (χ4n) is 10.2. The van der Waals surface area contributed by atoms with Crippen LogP contribution in [0.5, 0.6) is 0 Å². The number of pyridine rings is 1. The fourth-order valence-corrected chi connectivity index (χ4v) is 11.4. The summed E-state index contributed by atoms with van der Waals surface area (Å²) in [7, 11) is 0. The molecule has 6 heteroatoms. The molecule has 0 aliphatic carbocycles. The molecule has 70 heavy (non-hydrogen) atoms. The summed E-state index contributed by atoms with van der Waals surface area (Å²) < 4.78 is 9.32. The molecule has 4 heterocycles. The van der Waals surface area contributed by atoms with Gasteiger partial charge in [0, 0.05) is 69.4 Å². The van der Waals surface area contributed by atoms with Crippen molar-refractivity contribution in [1.82, 2.24) is 19.9 Å². The Hall–Kier alpha value is -9.10. The molecule has 14 rings (SSSR count). The van der Waals surface area contributed by atoms with Gasteiger partial charge in [-0.1, -0.05) is 194 Å². The van der Waals surface area contributed by atoms with Gasteiger partial charge in [0.2, 0.25) is 0 Å². The van der Waals surface area contributed by atoms with Crippen molar-refractivity contribution in [2.75, 3.05) is 0 Å². The largest absolute Gasteiger partial charge is 0.455 e. The monoisotopic (exact) mass is 910 g/mol. The lowest BCUT2D eigenvalue weighted by Gasteiger charge is -2.10. The van der Waals surface area contributed by atoms with E-state index in [4.69, 9.17) is 24.4 Å². The number of hydrogen-bond acceptors (Lipinski definition) is 6. The van der Waals surface area contributed by atoms with Crippen LogP contribution in [0.25, 0.3) is 143 Å². The summed E-state index contributed by atoms with van der Waals surface area (Å²) in [6.45, 7) is 0. The van der Waals surface area contributed by atoms with Gasteiger partial charge in [-0.05, 0) is 69.8 Å². The minimum atomic E-state index is 0.640. The highest BCUT2D eigenvalue weighted by molar-refractivity contribution is 7.26. The molecule has 4 aromatic heterocycles. The van der Waals surface area contributed by atoms with E-state index in [0.717, 1.165) is 88.3 Å². The van der Waals surface area contributed by atoms with E-state index in [2.05, 4.69) is 164 Å². The minimum absolute atomic E-state index is 0.640. The summed E-state index contributed by atoms with van der Waals surface area (Å²) in [4.78, 5) is 20.0. The molecular weight excluding hydrogens is 873 g/mol. The number of fused-ring (bicyclic) bond motifs is 10. The Balaban J connectivity index is 0.832. The van der Waals surface area contributed by atoms with Gasteiger partial charge in [-0.2, -0.15) is 0 Å². The van der Waals surface area contributed by atoms with Gasteiger partial charge < -0.3 is 4.42 Å². The quantitative estimate of drug-likeness (QED) is 0.149. The number of furan rings is 1. The van der Waals surface area contributed by atoms with Crippen molar-refractivity contribution >= 4 is 75.1 Å². The first-order valence-corrected chi connectivity index (χ1v) is 24.3. The Bertz CT molecular complexity index is 4280. The van der Waals surface area contributed by atoms with Gasteiger partial charge in [-0.25, -0.2) is 19.9 Å². The summed E-state index contributed by atoms with van der Waals surface area (Å²) >= 11 is 1.85. The number of para-hydroxylation sites is 1. The number of aromatic nitrogens is 4. The second kappa shape index (κ2) is 16.3. The molecule has 10 aromatic carbocycles. The maximum absolute atomic E-state index is 6.80. The van der Waals surface area contributed by atoms with E-state index in [9.17, 15) is 0 Å². The maximum atomic E-state index is 6.80. The molecule has 0 N–H and O–H groups in total. The maximum Gasteiger partial charge on any atom is 0.164 e. The van der Waals surface area contributed by atoms with E-state index in [1.807, 2.05) is 78.1 Å². The van der Waals surface area contributed by atoms with Crippen LogP contribution in [0, 0.1) is 0 Å². The first-order chi connectivity index (χ1) is 34.7. The second-order valence-corrected chi connectivity index (χ2v) is 18.7. The van der Waals surface area contributed by atoms with E-state index < -0.39 is 0 Å². The van der Waals surface area contributed by atoms with Gasteiger partial charge in [0.25, 0.3) is 0 Å². The van der Waals surface area contributed by atoms with Crippen LogP contribution in [0.2, 0.25) is 0 Å². The topological polar surface area (TPSA) is 64.7 Å². The molecule has 0 aliphatic heterocycles. The smallest absolute Gasteiger partial charge is 0.164 e. The summed E-state index contributed by atoms with van der Waals surface area (Å²) in [5.41, 5.74) is 14.6. The number of nitrogens with zero attached hydrogens (tertiary/aromatic N) is 4. The first kappa shape index (κ1) is 40.0. The molecule has 14 aromatic rings. The Morgan fingerprint density at radius 3 is 1.60 bits per heavy atom. The van der Waals surface area contributed by atoms with Crippen molar-refractivity contribution in [2.45, 2.75) is 0 Å². The standard InChI is InChI=1S/C64H38N4OS/c1-4-15-40(16-5-1)59-51-35-34-49-53-38-45(33-36-55(53)69-60(49)58(51)50-23-10-11-27-54(50)65-59)44-21-12-22-46(37-44)48-25-13-26-52-57-47(24-14-28-56(57)70-61(48)52)39-29-31-43(32-30-39)64-67-62(41-17-6-2-7-18-41)66-63(68-64)42-19-8-3-9-20-42/h1-38H. The van der Waals surface area contributed by atoms with E-state index in [1.54, 1.807) is 0 Å². The summed E-state index contributed by atoms with van der Waals surface area (Å²) in [6.07, 6.45) is 0. The van der Waals surface area contributed by atoms with Gasteiger partial charge in [0.15, 0.2) is 17.5 Å². The third-order valence-corrected chi connectivity index (χ3v) is 14.7. The third kappa shape index (κ3) is 6.68. The van der Waals surface area contributed by atoms with Crippen molar-refractivity contribution in [2.24, 2.45) is 0 Å². The van der Waals surface area contributed by atoms with Crippen molar-refractivity contribution in [3.63, 3.8) is 0 Å². The summed E-state index contributed by atoms with van der Waals surface area (Å²) in [6, 6.07) is 81.0. The van der Waals surface area contributed by atoms with Crippen LogP contribution >= 0.6 is 11.3 Å². The summed E-state index contributed by atoms with van der Waals surface area (Å²) in [5.74, 6) is 1.94. The highest BCUT2D eigenvalue weighted by Gasteiger charge is 2.20. The lowest BCUT2D eigenvalue weighted by molar-refractivity contribution is 0.673. The molecule has 0 saturated heterocycles. The predicted octanol–water partition coefficient (Wildman–Crippen LogP) is 17.5. The highest BCUT2D eigenvalue weighted by atomic mass is 32.1. The lowest BCUT2D eigenvalue weighted by Crippen LogP contribution is -2.00. The van der Waals surface area contributed by atoms with Crippen molar-refractivity contribution < 1.29 is 4.42 Å². The molecule has 0 unspecified atom stereocenters.